The topological polar surface area (TPSA) is 71.3 Å². The predicted molar refractivity (Wildman–Crippen MR) is 154 cm³/mol. The molecule has 6 heteroatoms. The van der Waals surface area contributed by atoms with Crippen LogP contribution in [0.2, 0.25) is 0 Å². The molecule has 38 heavy (non-hydrogen) atoms. The second-order valence-corrected chi connectivity index (χ2v) is 9.06. The first-order valence-electron chi connectivity index (χ1n) is 12.8. The van der Waals surface area contributed by atoms with E-state index in [2.05, 4.69) is 30.7 Å². The molecule has 0 saturated heterocycles. The molecule has 0 bridgehead atoms. The van der Waals surface area contributed by atoms with Gasteiger partial charge < -0.3 is 15.1 Å². The molecule has 0 aliphatic rings. The second kappa shape index (κ2) is 12.9. The number of amides is 2. The van der Waals surface area contributed by atoms with Gasteiger partial charge in [0.15, 0.2) is 0 Å². The van der Waals surface area contributed by atoms with Gasteiger partial charge in [0.05, 0.1) is 11.1 Å². The molecule has 5 nitrogen and oxygen atoms in total. The predicted octanol–water partition coefficient (Wildman–Crippen LogP) is 7.39. The molecule has 1 aromatic heterocycles. The fourth-order valence-corrected chi connectivity index (χ4v) is 4.16. The summed E-state index contributed by atoms with van der Waals surface area (Å²) in [6.07, 6.45) is 9.58. The number of fused-ring (bicyclic) bond motifs is 1. The lowest BCUT2D eigenvalue weighted by Gasteiger charge is -2.12. The standard InChI is InChI=1S/C32H35FN2O3/c1-7-10-16-35-31(36)25-17-23(14-15-27(25)33)24-19-26-28(18-22(24)11-8-2)38-30(29(26)32(37)34-6)21(5)13-12-20(4)9-3/h7,9,12-15,17-19H,1,5,8,10-11,16H2,2-4,6H3,(H,34,37)(H,35,36)/b13-12-,20-9-. The van der Waals surface area contributed by atoms with Gasteiger partial charge in [0.25, 0.3) is 11.8 Å². The number of benzene rings is 2. The first-order valence-corrected chi connectivity index (χ1v) is 12.8. The Morgan fingerprint density at radius 1 is 1.13 bits per heavy atom. The van der Waals surface area contributed by atoms with Gasteiger partial charge in [-0.25, -0.2) is 4.39 Å². The monoisotopic (exact) mass is 514 g/mol. The van der Waals surface area contributed by atoms with Gasteiger partial charge in [0, 0.05) is 24.6 Å². The van der Waals surface area contributed by atoms with Crippen molar-refractivity contribution in [2.24, 2.45) is 0 Å². The number of aryl methyl sites for hydroxylation is 1. The van der Waals surface area contributed by atoms with Crippen LogP contribution in [0.5, 0.6) is 0 Å². The van der Waals surface area contributed by atoms with Crippen molar-refractivity contribution in [2.45, 2.75) is 40.0 Å². The van der Waals surface area contributed by atoms with Gasteiger partial charge in [-0.3, -0.25) is 9.59 Å². The molecule has 0 atom stereocenters. The first-order chi connectivity index (χ1) is 18.2. The number of carbonyl (C=O) groups excluding carboxylic acids is 2. The summed E-state index contributed by atoms with van der Waals surface area (Å²) in [4.78, 5) is 25.7. The number of halogens is 1. The smallest absolute Gasteiger partial charge is 0.255 e. The highest BCUT2D eigenvalue weighted by Gasteiger charge is 2.23. The average Bonchev–Trinajstić information content (AvgIpc) is 3.29. The molecule has 2 amide bonds. The molecule has 0 aliphatic carbocycles. The molecule has 1 heterocycles. The van der Waals surface area contributed by atoms with E-state index in [4.69, 9.17) is 4.42 Å². The van der Waals surface area contributed by atoms with E-state index in [1.807, 2.05) is 44.2 Å². The van der Waals surface area contributed by atoms with Gasteiger partial charge >= 0.3 is 0 Å². The van der Waals surface area contributed by atoms with Crippen molar-refractivity contribution in [1.82, 2.24) is 10.6 Å². The van der Waals surface area contributed by atoms with E-state index in [0.29, 0.717) is 46.4 Å². The van der Waals surface area contributed by atoms with E-state index < -0.39 is 11.7 Å². The zero-order valence-corrected chi connectivity index (χ0v) is 22.5. The van der Waals surface area contributed by atoms with Crippen LogP contribution >= 0.6 is 0 Å². The van der Waals surface area contributed by atoms with Crippen LogP contribution in [0.1, 0.15) is 65.7 Å². The quantitative estimate of drug-likeness (QED) is 0.159. The molecule has 0 saturated carbocycles. The van der Waals surface area contributed by atoms with Crippen LogP contribution in [-0.4, -0.2) is 25.4 Å². The third kappa shape index (κ3) is 6.20. The van der Waals surface area contributed by atoms with Crippen molar-refractivity contribution in [3.8, 4) is 11.1 Å². The number of allylic oxidation sites excluding steroid dienone is 5. The first kappa shape index (κ1) is 28.4. The lowest BCUT2D eigenvalue weighted by atomic mass is 9.92. The van der Waals surface area contributed by atoms with Crippen molar-refractivity contribution >= 4 is 28.4 Å². The van der Waals surface area contributed by atoms with Gasteiger partial charge in [0.2, 0.25) is 0 Å². The fourth-order valence-electron chi connectivity index (χ4n) is 4.16. The van der Waals surface area contributed by atoms with Crippen molar-refractivity contribution in [2.75, 3.05) is 13.6 Å². The minimum Gasteiger partial charge on any atom is -0.455 e. The van der Waals surface area contributed by atoms with E-state index in [0.717, 1.165) is 29.5 Å². The molecule has 0 fully saturated rings. The van der Waals surface area contributed by atoms with Crippen molar-refractivity contribution in [3.05, 3.63) is 102 Å². The van der Waals surface area contributed by atoms with Crippen LogP contribution in [0.4, 0.5) is 4.39 Å². The van der Waals surface area contributed by atoms with Crippen molar-refractivity contribution < 1.29 is 18.4 Å². The SMILES string of the molecule is C=CCCNC(=O)c1cc(-c2cc3c(C(=O)NC)c(C(=C)/C=C\C(C)=C/C)oc3cc2CCC)ccc1F. The van der Waals surface area contributed by atoms with E-state index >= 15 is 0 Å². The molecule has 2 aromatic carbocycles. The van der Waals surface area contributed by atoms with Gasteiger partial charge in [0.1, 0.15) is 17.2 Å². The maximum Gasteiger partial charge on any atom is 0.255 e. The Balaban J connectivity index is 2.21. The highest BCUT2D eigenvalue weighted by Crippen LogP contribution is 2.37. The summed E-state index contributed by atoms with van der Waals surface area (Å²) in [5.74, 6) is -0.994. The lowest BCUT2D eigenvalue weighted by molar-refractivity contribution is 0.0946. The van der Waals surface area contributed by atoms with Crippen LogP contribution in [0, 0.1) is 5.82 Å². The fraction of sp³-hybridized carbons (Fsp3) is 0.250. The number of rotatable bonds is 11. The Morgan fingerprint density at radius 3 is 2.55 bits per heavy atom. The summed E-state index contributed by atoms with van der Waals surface area (Å²) < 4.78 is 20.8. The van der Waals surface area contributed by atoms with E-state index in [9.17, 15) is 14.0 Å². The Bertz CT molecular complexity index is 1440. The van der Waals surface area contributed by atoms with Gasteiger partial charge in [-0.05, 0) is 67.6 Å². The minimum atomic E-state index is -0.598. The average molecular weight is 515 g/mol. The van der Waals surface area contributed by atoms with Crippen LogP contribution < -0.4 is 10.6 Å². The molecule has 3 rings (SSSR count). The van der Waals surface area contributed by atoms with Crippen LogP contribution in [0.15, 0.2) is 77.8 Å². The molecule has 198 valence electrons. The zero-order valence-electron chi connectivity index (χ0n) is 22.5. The Kier molecular flexibility index (Phi) is 9.61. The summed E-state index contributed by atoms with van der Waals surface area (Å²) >= 11 is 0. The highest BCUT2D eigenvalue weighted by molar-refractivity contribution is 6.11. The van der Waals surface area contributed by atoms with Crippen LogP contribution in [0.3, 0.4) is 0 Å². The van der Waals surface area contributed by atoms with Gasteiger partial charge in [-0.15, -0.1) is 6.58 Å². The summed E-state index contributed by atoms with van der Waals surface area (Å²) in [5, 5.41) is 6.04. The van der Waals surface area contributed by atoms with Gasteiger partial charge in [-0.1, -0.05) is 55.9 Å². The summed E-state index contributed by atoms with van der Waals surface area (Å²) in [5.41, 5.74) is 4.99. The third-order valence-electron chi connectivity index (χ3n) is 6.34. The molecular formula is C32H35FN2O3. The normalized spacial score (nSPS) is 11.7. The number of hydrogen-bond donors (Lipinski definition) is 2. The second-order valence-electron chi connectivity index (χ2n) is 9.06. The maximum absolute atomic E-state index is 14.6. The third-order valence-corrected chi connectivity index (χ3v) is 6.34. The van der Waals surface area contributed by atoms with E-state index in [-0.39, 0.29) is 11.5 Å². The lowest BCUT2D eigenvalue weighted by Crippen LogP contribution is -2.25. The number of hydrogen-bond acceptors (Lipinski definition) is 3. The molecular weight excluding hydrogens is 479 g/mol. The van der Waals surface area contributed by atoms with Gasteiger partial charge in [-0.2, -0.15) is 0 Å². The Morgan fingerprint density at radius 2 is 1.89 bits per heavy atom. The van der Waals surface area contributed by atoms with Crippen molar-refractivity contribution in [1.29, 1.82) is 0 Å². The summed E-state index contributed by atoms with van der Waals surface area (Å²) in [6.45, 7) is 14.1. The minimum absolute atomic E-state index is 0.0358. The van der Waals surface area contributed by atoms with E-state index in [1.54, 1.807) is 25.3 Å². The largest absolute Gasteiger partial charge is 0.455 e. The molecule has 0 aliphatic heterocycles. The van der Waals surface area contributed by atoms with E-state index in [1.165, 1.54) is 6.07 Å². The highest BCUT2D eigenvalue weighted by atomic mass is 19.1. The maximum atomic E-state index is 14.6. The molecule has 3 aromatic rings. The Hall–Kier alpha value is -4.19. The van der Waals surface area contributed by atoms with Crippen molar-refractivity contribution in [3.63, 3.8) is 0 Å². The number of nitrogens with one attached hydrogen (secondary N) is 2. The number of furan rings is 1. The summed E-state index contributed by atoms with van der Waals surface area (Å²) in [6, 6.07) is 8.32. The zero-order chi connectivity index (χ0) is 27.8. The summed E-state index contributed by atoms with van der Waals surface area (Å²) in [7, 11) is 1.57. The number of carbonyl (C=O) groups is 2. The van der Waals surface area contributed by atoms with Crippen LogP contribution in [0.25, 0.3) is 27.7 Å². The molecule has 0 spiro atoms. The Labute approximate surface area is 223 Å². The molecule has 0 radical (unpaired) electrons. The molecule has 0 unspecified atom stereocenters. The molecule has 2 N–H and O–H groups in total. The van der Waals surface area contributed by atoms with Crippen LogP contribution in [-0.2, 0) is 6.42 Å².